The largest absolute Gasteiger partial charge is 0.480 e. The number of hydrogen-bond donors (Lipinski definition) is 1. The molecule has 7 heteroatoms. The van der Waals surface area contributed by atoms with Gasteiger partial charge in [0.15, 0.2) is 5.78 Å². The van der Waals surface area contributed by atoms with Crippen LogP contribution in [0.2, 0.25) is 0 Å². The Labute approximate surface area is 152 Å². The fourth-order valence-electron chi connectivity index (χ4n) is 2.99. The summed E-state index contributed by atoms with van der Waals surface area (Å²) in [5.41, 5.74) is 1.18. The standard InChI is InChI=1S/C18H27NO5S/c1-2-3-4-13-5-6-15-16(9-13)25-17(19-15)10-14(20)11-23-7-8-24-12-18(21)22/h13H,2-12H2,1H3,(H,21,22)/t13-/m0/s1. The predicted octanol–water partition coefficient (Wildman–Crippen LogP) is 2.67. The van der Waals surface area contributed by atoms with Crippen LogP contribution in [-0.2, 0) is 38.3 Å². The normalized spacial score (nSPS) is 16.6. The minimum absolute atomic E-state index is 0.00753. The summed E-state index contributed by atoms with van der Waals surface area (Å²) in [5.74, 6) is -0.252. The fraction of sp³-hybridized carbons (Fsp3) is 0.722. The zero-order valence-corrected chi connectivity index (χ0v) is 15.6. The maximum Gasteiger partial charge on any atom is 0.329 e. The van der Waals surface area contributed by atoms with Gasteiger partial charge in [-0.15, -0.1) is 11.3 Å². The average Bonchev–Trinajstić information content (AvgIpc) is 2.97. The highest BCUT2D eigenvalue weighted by atomic mass is 32.1. The van der Waals surface area contributed by atoms with Crippen LogP contribution in [0.25, 0.3) is 0 Å². The van der Waals surface area contributed by atoms with E-state index in [1.165, 1.54) is 36.3 Å². The highest BCUT2D eigenvalue weighted by molar-refractivity contribution is 7.11. The molecule has 0 bridgehead atoms. The second-order valence-electron chi connectivity index (χ2n) is 6.44. The van der Waals surface area contributed by atoms with Crippen molar-refractivity contribution in [3.05, 3.63) is 15.6 Å². The second-order valence-corrected chi connectivity index (χ2v) is 7.61. The quantitative estimate of drug-likeness (QED) is 0.570. The number of aliphatic carboxylic acids is 1. The van der Waals surface area contributed by atoms with Gasteiger partial charge in [-0.3, -0.25) is 4.79 Å². The lowest BCUT2D eigenvalue weighted by atomic mass is 9.87. The van der Waals surface area contributed by atoms with Crippen LogP contribution in [0.15, 0.2) is 0 Å². The average molecular weight is 369 g/mol. The molecule has 0 saturated carbocycles. The molecular weight excluding hydrogens is 342 g/mol. The molecule has 0 aromatic carbocycles. The Balaban J connectivity index is 1.68. The van der Waals surface area contributed by atoms with Crippen molar-refractivity contribution in [2.45, 2.75) is 51.9 Å². The summed E-state index contributed by atoms with van der Waals surface area (Å²) in [6, 6.07) is 0. The van der Waals surface area contributed by atoms with E-state index in [9.17, 15) is 9.59 Å². The van der Waals surface area contributed by atoms with Crippen LogP contribution in [0.3, 0.4) is 0 Å². The summed E-state index contributed by atoms with van der Waals surface area (Å²) in [7, 11) is 0. The molecule has 0 amide bonds. The Morgan fingerprint density at radius 2 is 2.04 bits per heavy atom. The van der Waals surface area contributed by atoms with Crippen molar-refractivity contribution in [3.8, 4) is 0 Å². The van der Waals surface area contributed by atoms with Crippen LogP contribution >= 0.6 is 11.3 Å². The highest BCUT2D eigenvalue weighted by Crippen LogP contribution is 2.32. The number of ether oxygens (including phenoxy) is 2. The van der Waals surface area contributed by atoms with Crippen molar-refractivity contribution in [2.24, 2.45) is 5.92 Å². The van der Waals surface area contributed by atoms with Crippen molar-refractivity contribution in [1.82, 2.24) is 4.98 Å². The Hall–Kier alpha value is -1.31. The number of Topliss-reactive ketones (excluding diaryl/α,β-unsaturated/α-hetero) is 1. The molecule has 0 spiro atoms. The molecule has 1 N–H and O–H groups in total. The van der Waals surface area contributed by atoms with E-state index >= 15 is 0 Å². The number of carboxylic acid groups (broad SMARTS) is 1. The van der Waals surface area contributed by atoms with E-state index in [1.54, 1.807) is 11.3 Å². The molecule has 1 aliphatic carbocycles. The summed E-state index contributed by atoms with van der Waals surface area (Å²) in [6.07, 6.45) is 7.49. The van der Waals surface area contributed by atoms with Gasteiger partial charge >= 0.3 is 5.97 Å². The number of hydrogen-bond acceptors (Lipinski definition) is 6. The molecular formula is C18H27NO5S. The summed E-state index contributed by atoms with van der Waals surface area (Å²) in [6.45, 7) is 2.28. The van der Waals surface area contributed by atoms with Crippen molar-refractivity contribution < 1.29 is 24.2 Å². The molecule has 1 heterocycles. The zero-order chi connectivity index (χ0) is 18.1. The number of fused-ring (bicyclic) bond motifs is 1. The van der Waals surface area contributed by atoms with Crippen LogP contribution in [0, 0.1) is 5.92 Å². The molecule has 0 unspecified atom stereocenters. The highest BCUT2D eigenvalue weighted by Gasteiger charge is 2.22. The molecule has 2 rings (SSSR count). The van der Waals surface area contributed by atoms with Crippen molar-refractivity contribution in [1.29, 1.82) is 0 Å². The molecule has 0 saturated heterocycles. The monoisotopic (exact) mass is 369 g/mol. The number of aryl methyl sites for hydroxylation is 1. The lowest BCUT2D eigenvalue weighted by Crippen LogP contribution is -2.16. The molecule has 1 aliphatic rings. The van der Waals surface area contributed by atoms with Crippen LogP contribution in [0.5, 0.6) is 0 Å². The first-order valence-electron chi connectivity index (χ1n) is 8.95. The summed E-state index contributed by atoms with van der Waals surface area (Å²) in [4.78, 5) is 28.2. The topological polar surface area (TPSA) is 85.7 Å². The van der Waals surface area contributed by atoms with Crippen LogP contribution in [0.1, 0.15) is 48.2 Å². The molecule has 0 fully saturated rings. The van der Waals surface area contributed by atoms with E-state index in [0.29, 0.717) is 6.42 Å². The smallest absolute Gasteiger partial charge is 0.329 e. The minimum Gasteiger partial charge on any atom is -0.480 e. The van der Waals surface area contributed by atoms with Gasteiger partial charge in [-0.25, -0.2) is 9.78 Å². The number of unbranched alkanes of at least 4 members (excludes halogenated alkanes) is 1. The number of ketones is 1. The van der Waals surface area contributed by atoms with E-state index in [1.807, 2.05) is 0 Å². The van der Waals surface area contributed by atoms with E-state index in [-0.39, 0.29) is 32.2 Å². The maximum atomic E-state index is 12.0. The number of nitrogens with zero attached hydrogens (tertiary/aromatic N) is 1. The van der Waals surface area contributed by atoms with Gasteiger partial charge in [0.25, 0.3) is 0 Å². The molecule has 6 nitrogen and oxygen atoms in total. The van der Waals surface area contributed by atoms with E-state index in [0.717, 1.165) is 23.8 Å². The first-order chi connectivity index (χ1) is 12.1. The van der Waals surface area contributed by atoms with E-state index in [4.69, 9.17) is 14.6 Å². The van der Waals surface area contributed by atoms with Crippen molar-refractivity contribution in [3.63, 3.8) is 0 Å². The maximum absolute atomic E-state index is 12.0. The Kier molecular flexibility index (Phi) is 8.51. The Bertz CT molecular complexity index is 572. The number of aromatic nitrogens is 1. The van der Waals surface area contributed by atoms with Crippen molar-refractivity contribution in [2.75, 3.05) is 26.4 Å². The van der Waals surface area contributed by atoms with Crippen molar-refractivity contribution >= 4 is 23.1 Å². The van der Waals surface area contributed by atoms with Gasteiger partial charge in [0.05, 0.1) is 25.3 Å². The third-order valence-corrected chi connectivity index (χ3v) is 5.38. The minimum atomic E-state index is -1.01. The van der Waals surface area contributed by atoms with Gasteiger partial charge in [-0.2, -0.15) is 0 Å². The molecule has 0 aliphatic heterocycles. The number of thiazole rings is 1. The first kappa shape index (κ1) is 20.0. The molecule has 1 atom stereocenters. The number of carbonyl (C=O) groups is 2. The zero-order valence-electron chi connectivity index (χ0n) is 14.8. The number of carboxylic acids is 1. The van der Waals surface area contributed by atoms with Gasteiger partial charge in [0, 0.05) is 4.88 Å². The van der Waals surface area contributed by atoms with Gasteiger partial charge in [0.1, 0.15) is 18.2 Å². The molecule has 25 heavy (non-hydrogen) atoms. The summed E-state index contributed by atoms with van der Waals surface area (Å²) < 4.78 is 10.1. The second kappa shape index (κ2) is 10.6. The SMILES string of the molecule is CCCC[C@H]1CCc2nc(CC(=O)COCCOCC(=O)O)sc2C1. The molecule has 1 aromatic heterocycles. The van der Waals surface area contributed by atoms with Gasteiger partial charge < -0.3 is 14.6 Å². The molecule has 0 radical (unpaired) electrons. The predicted molar refractivity (Wildman–Crippen MR) is 95.1 cm³/mol. The number of rotatable bonds is 12. The van der Waals surface area contributed by atoms with E-state index in [2.05, 4.69) is 11.9 Å². The van der Waals surface area contributed by atoms with Gasteiger partial charge in [0.2, 0.25) is 0 Å². The van der Waals surface area contributed by atoms with Gasteiger partial charge in [-0.1, -0.05) is 26.2 Å². The van der Waals surface area contributed by atoms with E-state index < -0.39 is 5.97 Å². The van der Waals surface area contributed by atoms with Crippen LogP contribution in [0.4, 0.5) is 0 Å². The lowest BCUT2D eigenvalue weighted by molar-refractivity contribution is -0.143. The van der Waals surface area contributed by atoms with Crippen LogP contribution < -0.4 is 0 Å². The molecule has 1 aromatic rings. The third kappa shape index (κ3) is 7.22. The first-order valence-corrected chi connectivity index (χ1v) is 9.76. The Morgan fingerprint density at radius 1 is 1.28 bits per heavy atom. The fourth-order valence-corrected chi connectivity index (χ4v) is 4.25. The lowest BCUT2D eigenvalue weighted by Gasteiger charge is -2.20. The Morgan fingerprint density at radius 3 is 2.76 bits per heavy atom. The third-order valence-electron chi connectivity index (χ3n) is 4.26. The molecule has 140 valence electrons. The van der Waals surface area contributed by atoms with Gasteiger partial charge in [-0.05, 0) is 25.2 Å². The summed E-state index contributed by atoms with van der Waals surface area (Å²) in [5, 5.41) is 9.31. The number of carbonyl (C=O) groups excluding carboxylic acids is 1. The van der Waals surface area contributed by atoms with Crippen LogP contribution in [-0.4, -0.2) is 48.3 Å². The summed E-state index contributed by atoms with van der Waals surface area (Å²) >= 11 is 1.67.